The van der Waals surface area contributed by atoms with E-state index in [0.29, 0.717) is 36.0 Å². The predicted octanol–water partition coefficient (Wildman–Crippen LogP) is 4.33. The number of aryl methyl sites for hydroxylation is 1. The SMILES string of the molecule is CCOc1cc(C(=O)Nc2cc(C)ccc2O)ccc1OCc1cccnc1. The fourth-order valence-electron chi connectivity index (χ4n) is 2.63. The second kappa shape index (κ2) is 8.90. The molecule has 0 saturated heterocycles. The van der Waals surface area contributed by atoms with Gasteiger partial charge in [-0.25, -0.2) is 0 Å². The standard InChI is InChI=1S/C22H22N2O4/c1-3-27-21-12-17(22(26)24-18-11-15(2)6-8-19(18)25)7-9-20(21)28-14-16-5-4-10-23-13-16/h4-13,25H,3,14H2,1-2H3,(H,24,26). The van der Waals surface area contributed by atoms with E-state index in [1.54, 1.807) is 48.8 Å². The molecule has 144 valence electrons. The summed E-state index contributed by atoms with van der Waals surface area (Å²) in [6.07, 6.45) is 3.44. The summed E-state index contributed by atoms with van der Waals surface area (Å²) in [5.41, 5.74) is 2.63. The van der Waals surface area contributed by atoms with Gasteiger partial charge in [0.25, 0.3) is 5.91 Å². The van der Waals surface area contributed by atoms with Crippen LogP contribution >= 0.6 is 0 Å². The monoisotopic (exact) mass is 378 g/mol. The lowest BCUT2D eigenvalue weighted by atomic mass is 10.1. The molecule has 0 radical (unpaired) electrons. The Morgan fingerprint density at radius 3 is 2.71 bits per heavy atom. The van der Waals surface area contributed by atoms with Gasteiger partial charge in [-0.15, -0.1) is 0 Å². The summed E-state index contributed by atoms with van der Waals surface area (Å²) in [7, 11) is 0. The molecular weight excluding hydrogens is 356 g/mol. The van der Waals surface area contributed by atoms with Gasteiger partial charge in [0, 0.05) is 23.5 Å². The molecule has 0 aliphatic carbocycles. The van der Waals surface area contributed by atoms with Crippen LogP contribution in [0.5, 0.6) is 17.2 Å². The van der Waals surface area contributed by atoms with Gasteiger partial charge in [-0.3, -0.25) is 9.78 Å². The van der Waals surface area contributed by atoms with E-state index in [1.165, 1.54) is 0 Å². The van der Waals surface area contributed by atoms with Crippen molar-refractivity contribution in [2.75, 3.05) is 11.9 Å². The summed E-state index contributed by atoms with van der Waals surface area (Å²) in [6.45, 7) is 4.53. The third-order valence-corrected chi connectivity index (χ3v) is 4.02. The van der Waals surface area contributed by atoms with Crippen molar-refractivity contribution >= 4 is 11.6 Å². The molecule has 0 fully saturated rings. The molecule has 3 aromatic rings. The van der Waals surface area contributed by atoms with Gasteiger partial charge in [0.05, 0.1) is 12.3 Å². The highest BCUT2D eigenvalue weighted by Gasteiger charge is 2.14. The Labute approximate surface area is 163 Å². The molecule has 2 aromatic carbocycles. The molecule has 0 bridgehead atoms. The smallest absolute Gasteiger partial charge is 0.255 e. The second-order valence-electron chi connectivity index (χ2n) is 6.22. The number of carbonyl (C=O) groups excluding carboxylic acids is 1. The lowest BCUT2D eigenvalue weighted by Crippen LogP contribution is -2.12. The number of ether oxygens (including phenoxy) is 2. The normalized spacial score (nSPS) is 10.4. The van der Waals surface area contributed by atoms with Gasteiger partial charge < -0.3 is 19.9 Å². The van der Waals surface area contributed by atoms with Crippen molar-refractivity contribution in [2.24, 2.45) is 0 Å². The van der Waals surface area contributed by atoms with E-state index in [9.17, 15) is 9.90 Å². The van der Waals surface area contributed by atoms with Crippen LogP contribution in [0.1, 0.15) is 28.4 Å². The van der Waals surface area contributed by atoms with Crippen LogP contribution in [-0.2, 0) is 6.61 Å². The largest absolute Gasteiger partial charge is 0.506 e. The lowest BCUT2D eigenvalue weighted by Gasteiger charge is -2.14. The first kappa shape index (κ1) is 19.2. The highest BCUT2D eigenvalue weighted by Crippen LogP contribution is 2.30. The number of aromatic hydroxyl groups is 1. The number of pyridine rings is 1. The van der Waals surface area contributed by atoms with E-state index < -0.39 is 0 Å². The van der Waals surface area contributed by atoms with Crippen LogP contribution in [0.3, 0.4) is 0 Å². The zero-order chi connectivity index (χ0) is 19.9. The van der Waals surface area contributed by atoms with Crippen LogP contribution in [0.25, 0.3) is 0 Å². The fourth-order valence-corrected chi connectivity index (χ4v) is 2.63. The molecule has 2 N–H and O–H groups in total. The second-order valence-corrected chi connectivity index (χ2v) is 6.22. The maximum Gasteiger partial charge on any atom is 0.255 e. The number of aromatic nitrogens is 1. The van der Waals surface area contributed by atoms with Crippen LogP contribution in [-0.4, -0.2) is 22.6 Å². The minimum absolute atomic E-state index is 0.0143. The summed E-state index contributed by atoms with van der Waals surface area (Å²) in [5.74, 6) is 0.689. The van der Waals surface area contributed by atoms with Crippen molar-refractivity contribution in [3.05, 3.63) is 77.6 Å². The average molecular weight is 378 g/mol. The van der Waals surface area contributed by atoms with Crippen molar-refractivity contribution in [2.45, 2.75) is 20.5 Å². The molecule has 6 nitrogen and oxygen atoms in total. The minimum atomic E-state index is -0.347. The molecule has 1 amide bonds. The molecule has 0 saturated carbocycles. The van der Waals surface area contributed by atoms with Crippen molar-refractivity contribution in [1.29, 1.82) is 0 Å². The maximum atomic E-state index is 12.6. The van der Waals surface area contributed by atoms with E-state index in [0.717, 1.165) is 11.1 Å². The Balaban J connectivity index is 1.77. The van der Waals surface area contributed by atoms with Gasteiger partial charge in [-0.05, 0) is 55.8 Å². The van der Waals surface area contributed by atoms with Crippen LogP contribution in [0, 0.1) is 6.92 Å². The molecule has 0 spiro atoms. The highest BCUT2D eigenvalue weighted by atomic mass is 16.5. The molecule has 0 atom stereocenters. The summed E-state index contributed by atoms with van der Waals surface area (Å²) in [4.78, 5) is 16.7. The number of hydrogen-bond acceptors (Lipinski definition) is 5. The first-order valence-corrected chi connectivity index (χ1v) is 8.96. The Bertz CT molecular complexity index is 958. The molecule has 28 heavy (non-hydrogen) atoms. The fraction of sp³-hybridized carbons (Fsp3) is 0.182. The Morgan fingerprint density at radius 1 is 1.11 bits per heavy atom. The van der Waals surface area contributed by atoms with Crippen molar-refractivity contribution < 1.29 is 19.4 Å². The lowest BCUT2D eigenvalue weighted by molar-refractivity contribution is 0.102. The third-order valence-electron chi connectivity index (χ3n) is 4.02. The maximum absolute atomic E-state index is 12.6. The van der Waals surface area contributed by atoms with E-state index >= 15 is 0 Å². The zero-order valence-electron chi connectivity index (χ0n) is 15.8. The van der Waals surface area contributed by atoms with Crippen molar-refractivity contribution in [3.8, 4) is 17.2 Å². The molecule has 0 aliphatic heterocycles. The molecule has 0 unspecified atom stereocenters. The van der Waals surface area contributed by atoms with Gasteiger partial charge in [0.15, 0.2) is 11.5 Å². The number of amides is 1. The first-order valence-electron chi connectivity index (χ1n) is 8.96. The summed E-state index contributed by atoms with van der Waals surface area (Å²) in [5, 5.41) is 12.6. The Morgan fingerprint density at radius 2 is 1.96 bits per heavy atom. The quantitative estimate of drug-likeness (QED) is 0.598. The number of anilines is 1. The van der Waals surface area contributed by atoms with Crippen LogP contribution in [0.15, 0.2) is 60.9 Å². The topological polar surface area (TPSA) is 80.7 Å². The van der Waals surface area contributed by atoms with Gasteiger partial charge in [0.2, 0.25) is 0 Å². The molecule has 1 aromatic heterocycles. The van der Waals surface area contributed by atoms with Crippen LogP contribution in [0.4, 0.5) is 5.69 Å². The molecule has 6 heteroatoms. The summed E-state index contributed by atoms with van der Waals surface area (Å²) < 4.78 is 11.5. The summed E-state index contributed by atoms with van der Waals surface area (Å²) in [6, 6.07) is 13.8. The number of phenols is 1. The molecule has 3 rings (SSSR count). The zero-order valence-corrected chi connectivity index (χ0v) is 15.8. The molecular formula is C22H22N2O4. The number of carbonyl (C=O) groups is 1. The minimum Gasteiger partial charge on any atom is -0.506 e. The predicted molar refractivity (Wildman–Crippen MR) is 107 cm³/mol. The van der Waals surface area contributed by atoms with Crippen molar-refractivity contribution in [3.63, 3.8) is 0 Å². The Hall–Kier alpha value is -3.54. The third kappa shape index (κ3) is 4.79. The number of phenolic OH excluding ortho intramolecular Hbond substituents is 1. The van der Waals surface area contributed by atoms with Gasteiger partial charge in [-0.1, -0.05) is 12.1 Å². The number of nitrogens with one attached hydrogen (secondary N) is 1. The number of benzene rings is 2. The van der Waals surface area contributed by atoms with Crippen molar-refractivity contribution in [1.82, 2.24) is 4.98 Å². The number of nitrogens with zero attached hydrogens (tertiary/aromatic N) is 1. The van der Waals surface area contributed by atoms with E-state index in [-0.39, 0.29) is 11.7 Å². The van der Waals surface area contributed by atoms with Gasteiger partial charge >= 0.3 is 0 Å². The first-order chi connectivity index (χ1) is 13.6. The van der Waals surface area contributed by atoms with Crippen LogP contribution in [0.2, 0.25) is 0 Å². The molecule has 1 heterocycles. The number of hydrogen-bond donors (Lipinski definition) is 2. The van der Waals surface area contributed by atoms with Gasteiger partial charge in [0.1, 0.15) is 12.4 Å². The Kier molecular flexibility index (Phi) is 6.11. The van der Waals surface area contributed by atoms with Gasteiger partial charge in [-0.2, -0.15) is 0 Å². The molecule has 0 aliphatic rings. The van der Waals surface area contributed by atoms with E-state index in [1.807, 2.05) is 26.0 Å². The van der Waals surface area contributed by atoms with E-state index in [2.05, 4.69) is 10.3 Å². The van der Waals surface area contributed by atoms with Crippen LogP contribution < -0.4 is 14.8 Å². The highest BCUT2D eigenvalue weighted by molar-refractivity contribution is 6.05. The average Bonchev–Trinajstić information content (AvgIpc) is 2.70. The summed E-state index contributed by atoms with van der Waals surface area (Å²) >= 11 is 0. The number of rotatable bonds is 7. The van der Waals surface area contributed by atoms with E-state index in [4.69, 9.17) is 9.47 Å².